The predicted octanol–water partition coefficient (Wildman–Crippen LogP) is 3.30. The minimum absolute atomic E-state index is 0.323. The molecule has 2 rings (SSSR count). The Balaban J connectivity index is 2.63. The van der Waals surface area contributed by atoms with Crippen molar-refractivity contribution in [1.29, 1.82) is 0 Å². The van der Waals surface area contributed by atoms with Crippen LogP contribution in [0.3, 0.4) is 0 Å². The molecule has 1 aromatic carbocycles. The smallest absolute Gasteiger partial charge is 0.165 e. The molecule has 1 heterocycles. The Morgan fingerprint density at radius 3 is 2.63 bits per heavy atom. The summed E-state index contributed by atoms with van der Waals surface area (Å²) in [5.41, 5.74) is 3.96. The molecule has 0 saturated carbocycles. The van der Waals surface area contributed by atoms with E-state index in [4.69, 9.17) is 9.47 Å². The monoisotopic (exact) mass is 281 g/mol. The second-order valence-electron chi connectivity index (χ2n) is 5.02. The highest BCUT2D eigenvalue weighted by atomic mass is 32.2. The quantitative estimate of drug-likeness (QED) is 0.921. The Hall–Kier alpha value is -0.870. The number of fused-ring (bicyclic) bond motifs is 1. The van der Waals surface area contributed by atoms with Crippen LogP contribution >= 0.6 is 11.8 Å². The van der Waals surface area contributed by atoms with E-state index in [1.165, 1.54) is 16.7 Å². The van der Waals surface area contributed by atoms with Gasteiger partial charge in [-0.2, -0.15) is 11.8 Å². The lowest BCUT2D eigenvalue weighted by atomic mass is 9.93. The number of nitrogens with one attached hydrogen (secondary N) is 1. The molecule has 0 aromatic heterocycles. The molecular formula is C15H23NO2S. The Morgan fingerprint density at radius 1 is 1.32 bits per heavy atom. The minimum atomic E-state index is 0.323. The van der Waals surface area contributed by atoms with E-state index in [9.17, 15) is 0 Å². The first-order valence-electron chi connectivity index (χ1n) is 6.65. The van der Waals surface area contributed by atoms with Crippen molar-refractivity contribution in [2.45, 2.75) is 37.3 Å². The van der Waals surface area contributed by atoms with E-state index in [0.717, 1.165) is 23.7 Å². The zero-order valence-electron chi connectivity index (χ0n) is 12.4. The predicted molar refractivity (Wildman–Crippen MR) is 81.5 cm³/mol. The molecule has 19 heavy (non-hydrogen) atoms. The van der Waals surface area contributed by atoms with Gasteiger partial charge in [0, 0.05) is 22.6 Å². The molecule has 2 atom stereocenters. The molecule has 0 amide bonds. The van der Waals surface area contributed by atoms with E-state index in [1.807, 2.05) is 18.8 Å². The average molecular weight is 281 g/mol. The van der Waals surface area contributed by atoms with Gasteiger partial charge in [0.05, 0.1) is 14.2 Å². The highest BCUT2D eigenvalue weighted by Crippen LogP contribution is 2.45. The van der Waals surface area contributed by atoms with Gasteiger partial charge in [-0.1, -0.05) is 6.92 Å². The summed E-state index contributed by atoms with van der Waals surface area (Å²) < 4.78 is 11.1. The molecular weight excluding hydrogens is 258 g/mol. The third kappa shape index (κ3) is 2.70. The first-order valence-corrected chi connectivity index (χ1v) is 7.70. The van der Waals surface area contributed by atoms with Gasteiger partial charge in [-0.15, -0.1) is 0 Å². The third-order valence-electron chi connectivity index (χ3n) is 3.82. The SMILES string of the molecule is CNC1CC(C)SCc2c(C)cc(OC)c(OC)c21. The van der Waals surface area contributed by atoms with E-state index in [1.54, 1.807) is 14.2 Å². The summed E-state index contributed by atoms with van der Waals surface area (Å²) in [6.07, 6.45) is 1.11. The first kappa shape index (κ1) is 14.5. The van der Waals surface area contributed by atoms with Crippen LogP contribution in [0.25, 0.3) is 0 Å². The Kier molecular flexibility index (Phi) is 4.63. The molecule has 3 nitrogen and oxygen atoms in total. The summed E-state index contributed by atoms with van der Waals surface area (Å²) in [5.74, 6) is 2.76. The second-order valence-corrected chi connectivity index (χ2v) is 6.45. The zero-order valence-corrected chi connectivity index (χ0v) is 13.2. The minimum Gasteiger partial charge on any atom is -0.493 e. The zero-order chi connectivity index (χ0) is 14.0. The van der Waals surface area contributed by atoms with Gasteiger partial charge in [0.25, 0.3) is 0 Å². The number of rotatable bonds is 3. The number of thioether (sulfide) groups is 1. The third-order valence-corrected chi connectivity index (χ3v) is 5.03. The van der Waals surface area contributed by atoms with Crippen molar-refractivity contribution in [2.24, 2.45) is 0 Å². The fraction of sp³-hybridized carbons (Fsp3) is 0.600. The molecule has 1 aromatic rings. The Labute approximate surface area is 120 Å². The number of ether oxygens (including phenoxy) is 2. The summed E-state index contributed by atoms with van der Waals surface area (Å²) in [6, 6.07) is 2.41. The van der Waals surface area contributed by atoms with Crippen LogP contribution in [0.15, 0.2) is 6.07 Å². The van der Waals surface area contributed by atoms with Crippen LogP contribution in [0, 0.1) is 6.92 Å². The lowest BCUT2D eigenvalue weighted by Gasteiger charge is -2.23. The highest BCUT2D eigenvalue weighted by molar-refractivity contribution is 7.99. The first-order chi connectivity index (χ1) is 9.12. The van der Waals surface area contributed by atoms with Crippen molar-refractivity contribution >= 4 is 11.8 Å². The Morgan fingerprint density at radius 2 is 2.05 bits per heavy atom. The van der Waals surface area contributed by atoms with E-state index >= 15 is 0 Å². The lowest BCUT2D eigenvalue weighted by Crippen LogP contribution is -2.20. The molecule has 0 radical (unpaired) electrons. The molecule has 0 saturated heterocycles. The van der Waals surface area contributed by atoms with Crippen molar-refractivity contribution in [3.63, 3.8) is 0 Å². The van der Waals surface area contributed by atoms with E-state index in [0.29, 0.717) is 11.3 Å². The van der Waals surface area contributed by atoms with Gasteiger partial charge in [-0.25, -0.2) is 0 Å². The maximum Gasteiger partial charge on any atom is 0.165 e. The van der Waals surface area contributed by atoms with Crippen molar-refractivity contribution in [2.75, 3.05) is 21.3 Å². The van der Waals surface area contributed by atoms with Crippen LogP contribution < -0.4 is 14.8 Å². The average Bonchev–Trinajstić information content (AvgIpc) is 2.58. The molecule has 106 valence electrons. The van der Waals surface area contributed by atoms with Crippen molar-refractivity contribution in [1.82, 2.24) is 5.32 Å². The van der Waals surface area contributed by atoms with E-state index in [2.05, 4.69) is 25.2 Å². The van der Waals surface area contributed by atoms with Crippen LogP contribution in [0.4, 0.5) is 0 Å². The fourth-order valence-corrected chi connectivity index (χ4v) is 3.92. The lowest BCUT2D eigenvalue weighted by molar-refractivity contribution is 0.345. The van der Waals surface area contributed by atoms with Gasteiger partial charge in [0.1, 0.15) is 0 Å². The molecule has 1 aliphatic rings. The van der Waals surface area contributed by atoms with Crippen molar-refractivity contribution in [3.05, 3.63) is 22.8 Å². The van der Waals surface area contributed by atoms with E-state index < -0.39 is 0 Å². The maximum atomic E-state index is 5.64. The highest BCUT2D eigenvalue weighted by Gasteiger charge is 2.28. The standard InChI is InChI=1S/C15H23NO2S/c1-9-6-13(17-4)15(18-5)14-11(9)8-19-10(2)7-12(14)16-3/h6,10,12,16H,7-8H2,1-5H3. The normalized spacial score (nSPS) is 22.6. The summed E-state index contributed by atoms with van der Waals surface area (Å²) in [5, 5.41) is 4.07. The summed E-state index contributed by atoms with van der Waals surface area (Å²) in [6.45, 7) is 4.45. The molecule has 1 aliphatic heterocycles. The topological polar surface area (TPSA) is 30.5 Å². The number of hydrogen-bond acceptors (Lipinski definition) is 4. The molecule has 0 spiro atoms. The van der Waals surface area contributed by atoms with Gasteiger partial charge >= 0.3 is 0 Å². The van der Waals surface area contributed by atoms with Crippen molar-refractivity contribution in [3.8, 4) is 11.5 Å². The number of hydrogen-bond donors (Lipinski definition) is 1. The summed E-state index contributed by atoms with van der Waals surface area (Å²) in [4.78, 5) is 0. The van der Waals surface area contributed by atoms with Gasteiger partial charge in [0.15, 0.2) is 11.5 Å². The van der Waals surface area contributed by atoms with Gasteiger partial charge in [-0.05, 0) is 37.6 Å². The van der Waals surface area contributed by atoms with Crippen molar-refractivity contribution < 1.29 is 9.47 Å². The van der Waals surface area contributed by atoms with Gasteiger partial charge in [-0.3, -0.25) is 0 Å². The van der Waals surface area contributed by atoms with Crippen LogP contribution in [-0.2, 0) is 5.75 Å². The number of methoxy groups -OCH3 is 2. The number of aryl methyl sites for hydroxylation is 1. The van der Waals surface area contributed by atoms with E-state index in [-0.39, 0.29) is 0 Å². The second kappa shape index (κ2) is 6.06. The molecule has 4 heteroatoms. The number of benzene rings is 1. The summed E-state index contributed by atoms with van der Waals surface area (Å²) in [7, 11) is 5.44. The van der Waals surface area contributed by atoms with Crippen LogP contribution in [-0.4, -0.2) is 26.5 Å². The molecule has 0 bridgehead atoms. The largest absolute Gasteiger partial charge is 0.493 e. The maximum absolute atomic E-state index is 5.64. The van der Waals surface area contributed by atoms with Crippen LogP contribution in [0.2, 0.25) is 0 Å². The van der Waals surface area contributed by atoms with Gasteiger partial charge < -0.3 is 14.8 Å². The molecule has 0 fully saturated rings. The molecule has 2 unspecified atom stereocenters. The molecule has 1 N–H and O–H groups in total. The fourth-order valence-electron chi connectivity index (χ4n) is 2.76. The molecule has 0 aliphatic carbocycles. The Bertz CT molecular complexity index is 462. The van der Waals surface area contributed by atoms with Crippen LogP contribution in [0.1, 0.15) is 36.1 Å². The van der Waals surface area contributed by atoms with Gasteiger partial charge in [0.2, 0.25) is 0 Å². The van der Waals surface area contributed by atoms with Crippen LogP contribution in [0.5, 0.6) is 11.5 Å². The summed E-state index contributed by atoms with van der Waals surface area (Å²) >= 11 is 2.01.